The van der Waals surface area contributed by atoms with Gasteiger partial charge in [-0.1, -0.05) is 6.08 Å². The highest BCUT2D eigenvalue weighted by Gasteiger charge is 2.11. The summed E-state index contributed by atoms with van der Waals surface area (Å²) in [6.07, 6.45) is 3.53. The zero-order valence-electron chi connectivity index (χ0n) is 6.77. The standard InChI is InChI=1S/C8H10N2O2/c1-3-6(11)7-8(12-2)10-5-4-9-7/h3-6,11H,1H2,2H3. The number of hydrogen-bond donors (Lipinski definition) is 1. The van der Waals surface area contributed by atoms with E-state index in [1.165, 1.54) is 25.6 Å². The first-order valence-electron chi connectivity index (χ1n) is 3.45. The summed E-state index contributed by atoms with van der Waals surface area (Å²) in [5.74, 6) is 0.324. The minimum atomic E-state index is -0.825. The van der Waals surface area contributed by atoms with Crippen LogP contribution in [-0.4, -0.2) is 22.2 Å². The zero-order valence-corrected chi connectivity index (χ0v) is 6.77. The highest BCUT2D eigenvalue weighted by molar-refractivity contribution is 5.22. The van der Waals surface area contributed by atoms with Gasteiger partial charge in [0.25, 0.3) is 0 Å². The molecular formula is C8H10N2O2. The minimum Gasteiger partial charge on any atom is -0.480 e. The van der Waals surface area contributed by atoms with E-state index >= 15 is 0 Å². The van der Waals surface area contributed by atoms with Crippen LogP contribution in [-0.2, 0) is 0 Å². The van der Waals surface area contributed by atoms with Crippen molar-refractivity contribution in [3.63, 3.8) is 0 Å². The van der Waals surface area contributed by atoms with E-state index in [1.54, 1.807) is 0 Å². The van der Waals surface area contributed by atoms with Gasteiger partial charge in [0, 0.05) is 12.4 Å². The SMILES string of the molecule is C=CC(O)c1nccnc1OC. The number of ether oxygens (including phenoxy) is 1. The van der Waals surface area contributed by atoms with Crippen LogP contribution in [0.25, 0.3) is 0 Å². The summed E-state index contributed by atoms with van der Waals surface area (Å²) in [5.41, 5.74) is 0.384. The molecule has 1 aromatic heterocycles. The van der Waals surface area contributed by atoms with Gasteiger partial charge in [-0.3, -0.25) is 4.98 Å². The lowest BCUT2D eigenvalue weighted by atomic mass is 10.2. The highest BCUT2D eigenvalue weighted by atomic mass is 16.5. The van der Waals surface area contributed by atoms with Gasteiger partial charge < -0.3 is 9.84 Å². The van der Waals surface area contributed by atoms with Crippen molar-refractivity contribution in [2.75, 3.05) is 7.11 Å². The van der Waals surface area contributed by atoms with Gasteiger partial charge in [0.1, 0.15) is 11.8 Å². The molecular weight excluding hydrogens is 156 g/mol. The Labute approximate surface area is 70.5 Å². The van der Waals surface area contributed by atoms with E-state index in [0.717, 1.165) is 0 Å². The Kier molecular flexibility index (Phi) is 2.76. The summed E-state index contributed by atoms with van der Waals surface area (Å²) in [4.78, 5) is 7.79. The first-order valence-corrected chi connectivity index (χ1v) is 3.45. The Bertz CT molecular complexity index is 276. The van der Waals surface area contributed by atoms with Crippen LogP contribution in [0.3, 0.4) is 0 Å². The molecule has 0 radical (unpaired) electrons. The quantitative estimate of drug-likeness (QED) is 0.672. The van der Waals surface area contributed by atoms with Crippen LogP contribution in [0.2, 0.25) is 0 Å². The molecule has 4 nitrogen and oxygen atoms in total. The van der Waals surface area contributed by atoms with Crippen LogP contribution in [0, 0.1) is 0 Å². The van der Waals surface area contributed by atoms with E-state index in [-0.39, 0.29) is 0 Å². The number of aromatic nitrogens is 2. The van der Waals surface area contributed by atoms with Crippen molar-refractivity contribution in [2.45, 2.75) is 6.10 Å². The molecule has 0 aromatic carbocycles. The lowest BCUT2D eigenvalue weighted by molar-refractivity contribution is 0.216. The van der Waals surface area contributed by atoms with Crippen molar-refractivity contribution in [2.24, 2.45) is 0 Å². The van der Waals surface area contributed by atoms with Gasteiger partial charge in [0.15, 0.2) is 0 Å². The molecule has 1 aromatic rings. The summed E-state index contributed by atoms with van der Waals surface area (Å²) in [6.45, 7) is 3.44. The molecule has 1 heterocycles. The van der Waals surface area contributed by atoms with Gasteiger partial charge >= 0.3 is 0 Å². The summed E-state index contributed by atoms with van der Waals surface area (Å²) < 4.78 is 4.89. The maximum Gasteiger partial charge on any atom is 0.238 e. The van der Waals surface area contributed by atoms with E-state index in [9.17, 15) is 5.11 Å². The van der Waals surface area contributed by atoms with E-state index in [4.69, 9.17) is 4.74 Å². The highest BCUT2D eigenvalue weighted by Crippen LogP contribution is 2.19. The summed E-state index contributed by atoms with van der Waals surface area (Å²) >= 11 is 0. The fourth-order valence-electron chi connectivity index (χ4n) is 0.808. The largest absolute Gasteiger partial charge is 0.480 e. The van der Waals surface area contributed by atoms with Crippen molar-refractivity contribution in [3.8, 4) is 5.88 Å². The number of nitrogens with zero attached hydrogens (tertiary/aromatic N) is 2. The smallest absolute Gasteiger partial charge is 0.238 e. The minimum absolute atomic E-state index is 0.324. The van der Waals surface area contributed by atoms with Crippen LogP contribution >= 0.6 is 0 Å². The Morgan fingerprint density at radius 1 is 1.58 bits per heavy atom. The van der Waals surface area contributed by atoms with Crippen molar-refractivity contribution in [1.82, 2.24) is 9.97 Å². The summed E-state index contributed by atoms with van der Waals surface area (Å²) in [5, 5.41) is 9.34. The lowest BCUT2D eigenvalue weighted by Crippen LogP contribution is -2.01. The molecule has 0 aliphatic heterocycles. The molecule has 0 saturated carbocycles. The number of hydrogen-bond acceptors (Lipinski definition) is 4. The van der Waals surface area contributed by atoms with E-state index in [0.29, 0.717) is 11.6 Å². The van der Waals surface area contributed by atoms with Crippen LogP contribution < -0.4 is 4.74 Å². The van der Waals surface area contributed by atoms with Crippen LogP contribution in [0.4, 0.5) is 0 Å². The average Bonchev–Trinajstić information content (AvgIpc) is 2.16. The van der Waals surface area contributed by atoms with Crippen LogP contribution in [0.1, 0.15) is 11.8 Å². The monoisotopic (exact) mass is 166 g/mol. The second-order valence-corrected chi connectivity index (χ2v) is 2.13. The molecule has 12 heavy (non-hydrogen) atoms. The molecule has 1 N–H and O–H groups in total. The molecule has 64 valence electrons. The molecule has 0 aliphatic rings. The molecule has 1 unspecified atom stereocenters. The second-order valence-electron chi connectivity index (χ2n) is 2.13. The predicted molar refractivity (Wildman–Crippen MR) is 43.7 cm³/mol. The number of aliphatic hydroxyl groups excluding tert-OH is 1. The predicted octanol–water partition coefficient (Wildman–Crippen LogP) is 0.705. The molecule has 4 heteroatoms. The van der Waals surface area contributed by atoms with E-state index in [2.05, 4.69) is 16.5 Å². The number of aliphatic hydroxyl groups is 1. The van der Waals surface area contributed by atoms with Gasteiger partial charge in [-0.25, -0.2) is 4.98 Å². The maximum atomic E-state index is 9.34. The van der Waals surface area contributed by atoms with Crippen molar-refractivity contribution >= 4 is 0 Å². The fraction of sp³-hybridized carbons (Fsp3) is 0.250. The van der Waals surface area contributed by atoms with Crippen LogP contribution in [0.5, 0.6) is 5.88 Å². The topological polar surface area (TPSA) is 55.2 Å². The van der Waals surface area contributed by atoms with Crippen molar-refractivity contribution in [1.29, 1.82) is 0 Å². The summed E-state index contributed by atoms with van der Waals surface area (Å²) in [7, 11) is 1.48. The van der Waals surface area contributed by atoms with Gasteiger partial charge in [-0.15, -0.1) is 6.58 Å². The number of rotatable bonds is 3. The molecule has 0 saturated heterocycles. The normalized spacial score (nSPS) is 12.2. The third kappa shape index (κ3) is 1.60. The summed E-state index contributed by atoms with van der Waals surface area (Å²) in [6, 6.07) is 0. The average molecular weight is 166 g/mol. The third-order valence-electron chi connectivity index (χ3n) is 1.39. The Balaban J connectivity index is 3.04. The first-order chi connectivity index (χ1) is 5.79. The lowest BCUT2D eigenvalue weighted by Gasteiger charge is -2.07. The maximum absolute atomic E-state index is 9.34. The molecule has 1 atom stereocenters. The first kappa shape index (κ1) is 8.67. The third-order valence-corrected chi connectivity index (χ3v) is 1.39. The van der Waals surface area contributed by atoms with Crippen molar-refractivity contribution < 1.29 is 9.84 Å². The van der Waals surface area contributed by atoms with Gasteiger partial charge in [-0.05, 0) is 0 Å². The Morgan fingerprint density at radius 2 is 2.25 bits per heavy atom. The van der Waals surface area contributed by atoms with Gasteiger partial charge in [0.2, 0.25) is 5.88 Å². The van der Waals surface area contributed by atoms with E-state index in [1.807, 2.05) is 0 Å². The second kappa shape index (κ2) is 3.82. The van der Waals surface area contributed by atoms with E-state index < -0.39 is 6.10 Å². The zero-order chi connectivity index (χ0) is 8.97. The number of methoxy groups -OCH3 is 1. The molecule has 0 aliphatic carbocycles. The Morgan fingerprint density at radius 3 is 2.83 bits per heavy atom. The molecule has 0 bridgehead atoms. The molecule has 0 amide bonds. The molecule has 1 rings (SSSR count). The molecule has 0 spiro atoms. The van der Waals surface area contributed by atoms with Crippen LogP contribution in [0.15, 0.2) is 25.0 Å². The van der Waals surface area contributed by atoms with Gasteiger partial charge in [-0.2, -0.15) is 0 Å². The fourth-order valence-corrected chi connectivity index (χ4v) is 0.808. The van der Waals surface area contributed by atoms with Gasteiger partial charge in [0.05, 0.1) is 7.11 Å². The molecule has 0 fully saturated rings. The van der Waals surface area contributed by atoms with Crippen molar-refractivity contribution in [3.05, 3.63) is 30.7 Å². The Hall–Kier alpha value is -1.42.